The molecule has 28 heavy (non-hydrogen) atoms. The fourth-order valence-corrected chi connectivity index (χ4v) is 3.14. The second kappa shape index (κ2) is 7.73. The number of carbonyl (C=O) groups is 1. The van der Waals surface area contributed by atoms with Crippen LogP contribution in [0.3, 0.4) is 0 Å². The van der Waals surface area contributed by atoms with Gasteiger partial charge in [-0.2, -0.15) is 4.98 Å². The minimum atomic E-state index is -1.30. The molecule has 1 N–H and O–H groups in total. The zero-order chi connectivity index (χ0) is 19.5. The first-order chi connectivity index (χ1) is 13.7. The van der Waals surface area contributed by atoms with Crippen LogP contribution < -0.4 is 19.9 Å². The summed E-state index contributed by atoms with van der Waals surface area (Å²) in [7, 11) is 0. The third kappa shape index (κ3) is 3.56. The molecular formula is C19H15N4O4S-. The number of nitrogens with zero attached hydrogens (tertiary/aromatic N) is 3. The number of fused-ring (bicyclic) bond motifs is 3. The summed E-state index contributed by atoms with van der Waals surface area (Å²) >= 11 is 1.36. The highest BCUT2D eigenvalue weighted by Crippen LogP contribution is 2.40. The highest BCUT2D eigenvalue weighted by atomic mass is 32.2. The average Bonchev–Trinajstić information content (AvgIpc) is 2.88. The number of ether oxygens (including phenoxy) is 2. The zero-order valence-corrected chi connectivity index (χ0v) is 15.6. The van der Waals surface area contributed by atoms with Gasteiger partial charge in [0.2, 0.25) is 17.3 Å². The highest BCUT2D eigenvalue weighted by Gasteiger charge is 2.27. The minimum Gasteiger partial charge on any atom is -0.546 e. The van der Waals surface area contributed by atoms with Crippen LogP contribution in [-0.4, -0.2) is 34.0 Å². The molecule has 1 atom stereocenters. The van der Waals surface area contributed by atoms with Crippen LogP contribution in [0.5, 0.6) is 11.6 Å². The Kier molecular flexibility index (Phi) is 4.98. The molecule has 4 rings (SSSR count). The predicted molar refractivity (Wildman–Crippen MR) is 101 cm³/mol. The Morgan fingerprint density at radius 2 is 2.00 bits per heavy atom. The van der Waals surface area contributed by atoms with Crippen molar-refractivity contribution >= 4 is 23.4 Å². The lowest BCUT2D eigenvalue weighted by Gasteiger charge is -2.22. The van der Waals surface area contributed by atoms with Gasteiger partial charge < -0.3 is 24.7 Å². The quantitative estimate of drug-likeness (QED) is 0.648. The van der Waals surface area contributed by atoms with Crippen LogP contribution in [0.1, 0.15) is 11.8 Å². The molecule has 2 aromatic carbocycles. The highest BCUT2D eigenvalue weighted by molar-refractivity contribution is 7.98. The Bertz CT molecular complexity index is 1030. The van der Waals surface area contributed by atoms with E-state index >= 15 is 0 Å². The summed E-state index contributed by atoms with van der Waals surface area (Å²) in [5.41, 5.74) is 2.74. The topological polar surface area (TPSA) is 109 Å². The number of carboxylic acids is 1. The van der Waals surface area contributed by atoms with Crippen LogP contribution in [0.15, 0.2) is 53.7 Å². The molecule has 0 saturated carbocycles. The van der Waals surface area contributed by atoms with Crippen LogP contribution in [0, 0.1) is 0 Å². The molecule has 0 aliphatic carbocycles. The maximum atomic E-state index is 10.8. The number of carbonyl (C=O) groups excluding carboxylic acids is 1. The predicted octanol–water partition coefficient (Wildman–Crippen LogP) is 1.89. The Labute approximate surface area is 164 Å². The second-order valence-electron chi connectivity index (χ2n) is 5.84. The van der Waals surface area contributed by atoms with E-state index in [0.29, 0.717) is 28.0 Å². The van der Waals surface area contributed by atoms with Crippen molar-refractivity contribution in [3.05, 3.63) is 54.1 Å². The zero-order valence-electron chi connectivity index (χ0n) is 14.8. The number of carboxylic acid groups (broad SMARTS) is 1. The van der Waals surface area contributed by atoms with E-state index in [2.05, 4.69) is 20.5 Å². The van der Waals surface area contributed by atoms with Gasteiger partial charge in [-0.15, -0.1) is 10.2 Å². The Balaban J connectivity index is 1.79. The average molecular weight is 395 g/mol. The van der Waals surface area contributed by atoms with E-state index in [-0.39, 0.29) is 0 Å². The van der Waals surface area contributed by atoms with Crippen molar-refractivity contribution < 1.29 is 19.4 Å². The van der Waals surface area contributed by atoms with Crippen LogP contribution in [0.25, 0.3) is 11.3 Å². The number of nitrogens with one attached hydrogen (secondary N) is 1. The molecule has 1 aliphatic rings. The maximum absolute atomic E-state index is 10.8. The van der Waals surface area contributed by atoms with Crippen molar-refractivity contribution in [2.75, 3.05) is 18.2 Å². The number of rotatable bonds is 5. The normalized spacial score (nSPS) is 14.7. The largest absolute Gasteiger partial charge is 0.546 e. The molecule has 1 aromatic heterocycles. The number of benzene rings is 2. The van der Waals surface area contributed by atoms with Gasteiger partial charge >= 0.3 is 0 Å². The summed E-state index contributed by atoms with van der Waals surface area (Å²) in [6, 6.07) is 14.6. The lowest BCUT2D eigenvalue weighted by molar-refractivity contribution is -0.307. The van der Waals surface area contributed by atoms with Gasteiger partial charge in [-0.1, -0.05) is 42.1 Å². The number of hydrogen-bond donors (Lipinski definition) is 1. The van der Waals surface area contributed by atoms with Gasteiger partial charge in [0.05, 0.1) is 11.5 Å². The van der Waals surface area contributed by atoms with E-state index in [0.717, 1.165) is 11.3 Å². The minimum absolute atomic E-state index is 0.330. The molecule has 8 nitrogen and oxygen atoms in total. The number of para-hydroxylation sites is 2. The molecule has 0 spiro atoms. The number of aromatic nitrogens is 3. The van der Waals surface area contributed by atoms with Crippen LogP contribution in [0.4, 0.5) is 5.69 Å². The summed E-state index contributed by atoms with van der Waals surface area (Å²) in [5, 5.41) is 23.0. The molecule has 3 aromatic rings. The molecule has 142 valence electrons. The van der Waals surface area contributed by atoms with E-state index in [1.165, 1.54) is 11.8 Å². The summed E-state index contributed by atoms with van der Waals surface area (Å²) in [6.07, 6.45) is 1.18. The van der Waals surface area contributed by atoms with Crippen molar-refractivity contribution in [1.29, 1.82) is 0 Å². The van der Waals surface area contributed by atoms with Crippen molar-refractivity contribution in [3.63, 3.8) is 0 Å². The van der Waals surface area contributed by atoms with Gasteiger partial charge in [0.15, 0.2) is 5.69 Å². The lowest BCUT2D eigenvalue weighted by Crippen LogP contribution is -2.29. The number of thioether (sulfide) groups is 1. The van der Waals surface area contributed by atoms with Crippen LogP contribution in [0.2, 0.25) is 0 Å². The van der Waals surface area contributed by atoms with E-state index < -0.39 is 18.8 Å². The molecule has 2 heterocycles. The smallest absolute Gasteiger partial charge is 0.247 e. The van der Waals surface area contributed by atoms with Gasteiger partial charge in [0.1, 0.15) is 12.4 Å². The van der Waals surface area contributed by atoms with Crippen LogP contribution in [-0.2, 0) is 4.79 Å². The molecule has 1 aliphatic heterocycles. The van der Waals surface area contributed by atoms with E-state index in [1.54, 1.807) is 18.2 Å². The van der Waals surface area contributed by atoms with E-state index in [1.807, 2.05) is 36.6 Å². The van der Waals surface area contributed by atoms with Crippen molar-refractivity contribution in [1.82, 2.24) is 15.2 Å². The molecule has 0 fully saturated rings. The first-order valence-electron chi connectivity index (χ1n) is 8.38. The van der Waals surface area contributed by atoms with E-state index in [9.17, 15) is 9.90 Å². The summed E-state index contributed by atoms with van der Waals surface area (Å²) in [6.45, 7) is -0.558. The maximum Gasteiger partial charge on any atom is 0.247 e. The molecule has 0 radical (unpaired) electrons. The van der Waals surface area contributed by atoms with Crippen LogP contribution >= 0.6 is 11.8 Å². The lowest BCUT2D eigenvalue weighted by atomic mass is 10.1. The second-order valence-corrected chi connectivity index (χ2v) is 6.61. The Hall–Kier alpha value is -3.33. The van der Waals surface area contributed by atoms with Gasteiger partial charge in [0, 0.05) is 11.3 Å². The Morgan fingerprint density at radius 3 is 2.82 bits per heavy atom. The molecule has 0 amide bonds. The summed E-state index contributed by atoms with van der Waals surface area (Å²) < 4.78 is 11.5. The van der Waals surface area contributed by atoms with Crippen molar-refractivity contribution in [3.8, 4) is 22.9 Å². The van der Waals surface area contributed by atoms with Gasteiger partial charge in [-0.25, -0.2) is 0 Å². The monoisotopic (exact) mass is 395 g/mol. The fourth-order valence-electron chi connectivity index (χ4n) is 2.84. The fraction of sp³-hybridized carbons (Fsp3) is 0.158. The van der Waals surface area contributed by atoms with Gasteiger partial charge in [-0.3, -0.25) is 0 Å². The molecule has 0 bridgehead atoms. The van der Waals surface area contributed by atoms with E-state index in [4.69, 9.17) is 9.47 Å². The summed E-state index contributed by atoms with van der Waals surface area (Å²) in [5.74, 6) is -0.601. The van der Waals surface area contributed by atoms with Crippen molar-refractivity contribution in [2.45, 2.75) is 11.4 Å². The number of anilines is 1. The Morgan fingerprint density at radius 1 is 1.21 bits per heavy atom. The molecular weight excluding hydrogens is 380 g/mol. The van der Waals surface area contributed by atoms with Gasteiger partial charge in [-0.05, 0) is 24.5 Å². The van der Waals surface area contributed by atoms with Crippen molar-refractivity contribution in [2.24, 2.45) is 0 Å². The SMILES string of the molecule is CSc1nnc2c(n1)O[C@@H](c1ccccc1OCC(=O)[O-])Nc1ccccc1-2. The number of hydrogen-bond acceptors (Lipinski definition) is 9. The molecule has 9 heteroatoms. The van der Waals surface area contributed by atoms with Gasteiger partial charge in [0.25, 0.3) is 0 Å². The molecule has 0 saturated heterocycles. The standard InChI is InChI=1S/C19H16N4O4S/c1-28-19-21-18-16(22-23-19)11-6-2-4-8-13(11)20-17(27-18)12-7-3-5-9-14(12)26-10-15(24)25/h2-9,17,20H,10H2,1H3,(H,24,25)/p-1/t17-/m0/s1. The third-order valence-electron chi connectivity index (χ3n) is 4.06. The molecule has 0 unspecified atom stereocenters. The summed E-state index contributed by atoms with van der Waals surface area (Å²) in [4.78, 5) is 15.3. The third-order valence-corrected chi connectivity index (χ3v) is 4.60. The number of aliphatic carboxylic acids is 1. The first kappa shape index (κ1) is 18.1. The first-order valence-corrected chi connectivity index (χ1v) is 9.61.